The molecule has 2 aromatic carbocycles. The molecule has 1 aliphatic carbocycles. The van der Waals surface area contributed by atoms with Crippen LogP contribution >= 0.6 is 23.2 Å². The third-order valence-corrected chi connectivity index (χ3v) is 7.61. The van der Waals surface area contributed by atoms with Crippen molar-refractivity contribution in [3.05, 3.63) is 80.0 Å². The van der Waals surface area contributed by atoms with Crippen molar-refractivity contribution in [3.8, 4) is 0 Å². The molecule has 0 bridgehead atoms. The van der Waals surface area contributed by atoms with Gasteiger partial charge in [-0.15, -0.1) is 0 Å². The summed E-state index contributed by atoms with van der Waals surface area (Å²) in [5.74, 6) is -3.27. The lowest BCUT2D eigenvalue weighted by Crippen LogP contribution is -2.39. The van der Waals surface area contributed by atoms with Crippen LogP contribution in [0.25, 0.3) is 0 Å². The zero-order chi connectivity index (χ0) is 30.4. The monoisotopic (exact) mass is 613 g/mol. The molecule has 1 saturated carbocycles. The number of Topliss-reactive ketones (excluding diaryl/α,β-unsaturated/α-hetero) is 2. The summed E-state index contributed by atoms with van der Waals surface area (Å²) in [5.41, 5.74) is -0.511. The number of nitrogens with one attached hydrogen (secondary N) is 2. The molecular formula is C29H29Cl2F4N3O3. The minimum absolute atomic E-state index is 0.0113. The van der Waals surface area contributed by atoms with Crippen molar-refractivity contribution < 1.29 is 31.9 Å². The van der Waals surface area contributed by atoms with Gasteiger partial charge in [0.05, 0.1) is 27.7 Å². The summed E-state index contributed by atoms with van der Waals surface area (Å²) in [4.78, 5) is 39.6. The van der Waals surface area contributed by atoms with Gasteiger partial charge in [0.2, 0.25) is 0 Å². The summed E-state index contributed by atoms with van der Waals surface area (Å²) in [5, 5.41) is 10.4. The SMILES string of the molecule is C/C(N[C@H]1CC[C@H](C(C)=O)CC1)=C(/C=N)C(=O)N(CC(=O)c1c(Cl)cc(C(F)F)cc1Cl)Cc1cc(F)cc(F)c1. The number of halogens is 6. The molecule has 1 aliphatic rings. The van der Waals surface area contributed by atoms with Crippen LogP contribution in [0.1, 0.15) is 67.4 Å². The largest absolute Gasteiger partial charge is 0.385 e. The highest BCUT2D eigenvalue weighted by Gasteiger charge is 2.28. The predicted molar refractivity (Wildman–Crippen MR) is 149 cm³/mol. The van der Waals surface area contributed by atoms with E-state index in [1.165, 1.54) is 0 Å². The lowest BCUT2D eigenvalue weighted by Gasteiger charge is -2.30. The Morgan fingerprint density at radius 2 is 1.56 bits per heavy atom. The Balaban J connectivity index is 1.92. The van der Waals surface area contributed by atoms with Crippen LogP contribution in [0, 0.1) is 23.0 Å². The zero-order valence-corrected chi connectivity index (χ0v) is 23.9. The van der Waals surface area contributed by atoms with Gasteiger partial charge in [0.15, 0.2) is 5.78 Å². The van der Waals surface area contributed by atoms with E-state index in [0.29, 0.717) is 37.4 Å². The Hall–Kier alpha value is -3.24. The van der Waals surface area contributed by atoms with Gasteiger partial charge < -0.3 is 15.6 Å². The van der Waals surface area contributed by atoms with E-state index in [9.17, 15) is 31.9 Å². The summed E-state index contributed by atoms with van der Waals surface area (Å²) in [7, 11) is 0. The molecule has 2 aromatic rings. The first-order valence-corrected chi connectivity index (χ1v) is 13.6. The fourth-order valence-corrected chi connectivity index (χ4v) is 5.60. The van der Waals surface area contributed by atoms with Crippen LogP contribution < -0.4 is 5.32 Å². The van der Waals surface area contributed by atoms with E-state index in [0.717, 1.165) is 35.4 Å². The van der Waals surface area contributed by atoms with Crippen molar-refractivity contribution in [1.82, 2.24) is 10.2 Å². The van der Waals surface area contributed by atoms with Gasteiger partial charge in [-0.25, -0.2) is 17.6 Å². The summed E-state index contributed by atoms with van der Waals surface area (Å²) in [6.07, 6.45) is 0.655. The van der Waals surface area contributed by atoms with Gasteiger partial charge in [-0.05, 0) is 69.4 Å². The van der Waals surface area contributed by atoms with Crippen LogP contribution in [-0.2, 0) is 16.1 Å². The zero-order valence-electron chi connectivity index (χ0n) is 22.4. The Kier molecular flexibility index (Phi) is 11.1. The molecule has 1 fully saturated rings. The molecule has 0 atom stereocenters. The lowest BCUT2D eigenvalue weighted by molar-refractivity contribution is -0.126. The maximum atomic E-state index is 13.9. The topological polar surface area (TPSA) is 90.3 Å². The van der Waals surface area contributed by atoms with Gasteiger partial charge in [0.25, 0.3) is 12.3 Å². The number of nitrogens with zero attached hydrogens (tertiary/aromatic N) is 1. The molecular weight excluding hydrogens is 585 g/mol. The van der Waals surface area contributed by atoms with E-state index in [1.807, 2.05) is 0 Å². The Labute approximate surface area is 245 Å². The van der Waals surface area contributed by atoms with Crippen LogP contribution in [0.4, 0.5) is 17.6 Å². The molecule has 0 heterocycles. The van der Waals surface area contributed by atoms with Crippen molar-refractivity contribution in [3.63, 3.8) is 0 Å². The van der Waals surface area contributed by atoms with Crippen LogP contribution in [0.5, 0.6) is 0 Å². The van der Waals surface area contributed by atoms with Crippen molar-refractivity contribution in [2.45, 2.75) is 58.5 Å². The second kappa shape index (κ2) is 14.1. The van der Waals surface area contributed by atoms with Gasteiger partial charge in [0.1, 0.15) is 17.4 Å². The number of hydrogen-bond donors (Lipinski definition) is 2. The Bertz CT molecular complexity index is 1330. The Morgan fingerprint density at radius 1 is 1.00 bits per heavy atom. The number of carbonyl (C=O) groups excluding carboxylic acids is 3. The molecule has 41 heavy (non-hydrogen) atoms. The quantitative estimate of drug-likeness (QED) is 0.123. The second-order valence-corrected chi connectivity index (χ2v) is 10.8. The number of carbonyl (C=O) groups is 3. The van der Waals surface area contributed by atoms with Crippen LogP contribution in [0.3, 0.4) is 0 Å². The van der Waals surface area contributed by atoms with Crippen molar-refractivity contribution in [2.24, 2.45) is 5.92 Å². The Morgan fingerprint density at radius 3 is 2.05 bits per heavy atom. The summed E-state index contributed by atoms with van der Waals surface area (Å²) in [6, 6.07) is 4.40. The van der Waals surface area contributed by atoms with Crippen LogP contribution in [-0.4, -0.2) is 41.2 Å². The van der Waals surface area contributed by atoms with Crippen molar-refractivity contribution in [2.75, 3.05) is 6.54 Å². The number of hydrogen-bond acceptors (Lipinski definition) is 5. The number of alkyl halides is 2. The highest BCUT2D eigenvalue weighted by atomic mass is 35.5. The average Bonchev–Trinajstić information content (AvgIpc) is 2.87. The molecule has 0 radical (unpaired) electrons. The molecule has 6 nitrogen and oxygen atoms in total. The van der Waals surface area contributed by atoms with Gasteiger partial charge in [-0.2, -0.15) is 0 Å². The number of benzene rings is 2. The first kappa shape index (κ1) is 32.3. The number of allylic oxidation sites excluding steroid dienone is 1. The molecule has 220 valence electrons. The molecule has 2 N–H and O–H groups in total. The molecule has 3 rings (SSSR count). The number of amides is 1. The first-order valence-electron chi connectivity index (χ1n) is 12.8. The molecule has 0 aliphatic heterocycles. The van der Waals surface area contributed by atoms with Gasteiger partial charge >= 0.3 is 0 Å². The van der Waals surface area contributed by atoms with Gasteiger partial charge in [-0.3, -0.25) is 14.4 Å². The van der Waals surface area contributed by atoms with Crippen molar-refractivity contribution in [1.29, 1.82) is 5.41 Å². The highest BCUT2D eigenvalue weighted by Crippen LogP contribution is 2.32. The summed E-state index contributed by atoms with van der Waals surface area (Å²) < 4.78 is 54.1. The average molecular weight is 614 g/mol. The van der Waals surface area contributed by atoms with Crippen LogP contribution in [0.15, 0.2) is 41.6 Å². The highest BCUT2D eigenvalue weighted by molar-refractivity contribution is 6.40. The molecule has 0 unspecified atom stereocenters. The normalized spacial score (nSPS) is 17.6. The molecule has 0 aromatic heterocycles. The third kappa shape index (κ3) is 8.39. The minimum atomic E-state index is -2.89. The van der Waals surface area contributed by atoms with Gasteiger partial charge in [-0.1, -0.05) is 23.2 Å². The summed E-state index contributed by atoms with van der Waals surface area (Å²) in [6.45, 7) is 2.05. The van der Waals surface area contributed by atoms with E-state index in [4.69, 9.17) is 28.6 Å². The minimum Gasteiger partial charge on any atom is -0.385 e. The first-order chi connectivity index (χ1) is 19.3. The lowest BCUT2D eigenvalue weighted by atomic mass is 9.84. The standard InChI is InChI=1S/C29H29Cl2F4N3O3/c1-15(37-22-5-3-18(4-6-22)16(2)39)23(12-36)29(41)38(13-17-7-20(32)11-21(33)8-17)14-26(40)27-24(30)9-19(28(34)35)10-25(27)31/h7-12,18,22,28,36-37H,3-6,13-14H2,1-2H3/b23-15+,36-12?/t18-,22-. The van der Waals surface area contributed by atoms with Crippen molar-refractivity contribution >= 4 is 46.9 Å². The molecule has 1 amide bonds. The second-order valence-electron chi connectivity index (χ2n) is 10.0. The van der Waals surface area contributed by atoms with E-state index < -0.39 is 48.4 Å². The fourth-order valence-electron chi connectivity index (χ4n) is 4.89. The smallest absolute Gasteiger partial charge is 0.263 e. The molecule has 12 heteroatoms. The van der Waals surface area contributed by atoms with Gasteiger partial charge in [0, 0.05) is 42.0 Å². The summed E-state index contributed by atoms with van der Waals surface area (Å²) >= 11 is 12.2. The number of rotatable bonds is 11. The van der Waals surface area contributed by atoms with E-state index in [2.05, 4.69) is 5.32 Å². The van der Waals surface area contributed by atoms with E-state index in [-0.39, 0.29) is 44.5 Å². The van der Waals surface area contributed by atoms with E-state index in [1.54, 1.807) is 13.8 Å². The molecule has 0 saturated heterocycles. The third-order valence-electron chi connectivity index (χ3n) is 7.01. The maximum absolute atomic E-state index is 13.9. The fraction of sp³-hybridized carbons (Fsp3) is 0.379. The predicted octanol–water partition coefficient (Wildman–Crippen LogP) is 7.08. The molecule has 0 spiro atoms. The van der Waals surface area contributed by atoms with E-state index >= 15 is 0 Å². The number of ketones is 2. The maximum Gasteiger partial charge on any atom is 0.263 e. The van der Waals surface area contributed by atoms with Crippen LogP contribution in [0.2, 0.25) is 10.0 Å².